The smallest absolute Gasteiger partial charge is 0.106 e. The Kier molecular flexibility index (Phi) is 8.02. The van der Waals surface area contributed by atoms with E-state index in [2.05, 4.69) is 110 Å². The van der Waals surface area contributed by atoms with Crippen molar-refractivity contribution in [2.24, 2.45) is 0 Å². The van der Waals surface area contributed by atoms with Gasteiger partial charge >= 0.3 is 0 Å². The van der Waals surface area contributed by atoms with E-state index in [9.17, 15) is 0 Å². The monoisotopic (exact) mass is 388 g/mol. The topological polar surface area (TPSA) is 0 Å². The normalized spacial score (nSPS) is 11.6. The van der Waals surface area contributed by atoms with Crippen LogP contribution in [0.5, 0.6) is 0 Å². The van der Waals surface area contributed by atoms with Crippen LogP contribution in [0.4, 0.5) is 0 Å². The molecule has 0 fully saturated rings. The lowest BCUT2D eigenvalue weighted by molar-refractivity contribution is 0.760. The lowest BCUT2D eigenvalue weighted by atomic mass is 10.3. The third-order valence-electron chi connectivity index (χ3n) is 5.76. The van der Waals surface area contributed by atoms with Gasteiger partial charge < -0.3 is 0 Å². The fourth-order valence-electron chi connectivity index (χ4n) is 3.84. The molecule has 0 saturated carbocycles. The van der Waals surface area contributed by atoms with Crippen LogP contribution in [0.1, 0.15) is 19.3 Å². The van der Waals surface area contributed by atoms with E-state index in [1.165, 1.54) is 41.7 Å². The van der Waals surface area contributed by atoms with E-state index in [1.807, 2.05) is 0 Å². The molecule has 2 heteroatoms. The minimum atomic E-state index is -1.80. The molecule has 0 spiro atoms. The van der Waals surface area contributed by atoms with Gasteiger partial charge in [0.25, 0.3) is 0 Å². The molecule has 0 heterocycles. The second kappa shape index (κ2) is 10.2. The number of rotatable bonds is 12. The summed E-state index contributed by atoms with van der Waals surface area (Å²) in [5, 5.41) is 2.83. The van der Waals surface area contributed by atoms with Crippen LogP contribution in [0.2, 0.25) is 12.1 Å². The number of unbranched alkanes of at least 4 members (excludes halogenated alkanes) is 2. The van der Waals surface area contributed by atoms with E-state index in [-0.39, 0.29) is 0 Å². The van der Waals surface area contributed by atoms with Crippen molar-refractivity contribution in [3.8, 4) is 0 Å². The van der Waals surface area contributed by atoms with Gasteiger partial charge in [0.05, 0.1) is 0 Å². The van der Waals surface area contributed by atoms with Crippen LogP contribution in [0.3, 0.4) is 0 Å². The summed E-state index contributed by atoms with van der Waals surface area (Å²) in [5.74, 6) is 0. The maximum Gasteiger partial charge on any atom is 0.132 e. The SMILES string of the molecule is C=C[Si](C=C)(CCCCC[Si](C=C)(C=C)c1ccccc1)c1ccccc1. The molecule has 27 heavy (non-hydrogen) atoms. The highest BCUT2D eigenvalue weighted by atomic mass is 28.3. The zero-order valence-corrected chi connectivity index (χ0v) is 18.4. The summed E-state index contributed by atoms with van der Waals surface area (Å²) in [6.45, 7) is 16.6. The van der Waals surface area contributed by atoms with Crippen molar-refractivity contribution in [3.63, 3.8) is 0 Å². The maximum absolute atomic E-state index is 4.16. The van der Waals surface area contributed by atoms with Crippen molar-refractivity contribution in [1.82, 2.24) is 0 Å². The van der Waals surface area contributed by atoms with Crippen LogP contribution in [-0.4, -0.2) is 16.1 Å². The van der Waals surface area contributed by atoms with Crippen molar-refractivity contribution >= 4 is 26.5 Å². The molecule has 0 aliphatic heterocycles. The van der Waals surface area contributed by atoms with Gasteiger partial charge in [0.1, 0.15) is 16.1 Å². The minimum Gasteiger partial charge on any atom is -0.106 e. The van der Waals surface area contributed by atoms with Crippen LogP contribution in [0.15, 0.2) is 110 Å². The minimum absolute atomic E-state index is 1.19. The molecule has 2 rings (SSSR count). The van der Waals surface area contributed by atoms with Gasteiger partial charge in [0.15, 0.2) is 0 Å². The standard InChI is InChI=1S/C25H32Si2/c1-5-26(6-2,24-18-12-9-13-19-24)22-16-11-17-23-27(7-3,8-4)25-20-14-10-15-21-25/h5-10,12-15,18-21H,1-4,11,16-17,22-23H2. The molecule has 0 radical (unpaired) electrons. The molecular weight excluding hydrogens is 356 g/mol. The molecule has 0 nitrogen and oxygen atoms in total. The highest BCUT2D eigenvalue weighted by Gasteiger charge is 2.29. The Bertz CT molecular complexity index is 665. The molecular formula is C25H32Si2. The van der Waals surface area contributed by atoms with Crippen LogP contribution >= 0.6 is 0 Å². The molecule has 0 bridgehead atoms. The zero-order valence-electron chi connectivity index (χ0n) is 16.4. The van der Waals surface area contributed by atoms with Gasteiger partial charge in [0, 0.05) is 0 Å². The number of benzene rings is 2. The van der Waals surface area contributed by atoms with Crippen molar-refractivity contribution in [1.29, 1.82) is 0 Å². The van der Waals surface area contributed by atoms with Gasteiger partial charge in [-0.3, -0.25) is 0 Å². The summed E-state index contributed by atoms with van der Waals surface area (Å²) in [7, 11) is -3.59. The Morgan fingerprint density at radius 1 is 0.519 bits per heavy atom. The molecule has 0 N–H and O–H groups in total. The van der Waals surface area contributed by atoms with E-state index < -0.39 is 16.1 Å². The fourth-order valence-corrected chi connectivity index (χ4v) is 9.81. The first-order valence-electron chi connectivity index (χ1n) is 9.82. The quantitative estimate of drug-likeness (QED) is 0.320. The summed E-state index contributed by atoms with van der Waals surface area (Å²) >= 11 is 0. The summed E-state index contributed by atoms with van der Waals surface area (Å²) in [6, 6.07) is 24.0. The predicted octanol–water partition coefficient (Wildman–Crippen LogP) is 5.77. The maximum atomic E-state index is 4.16. The lowest BCUT2D eigenvalue weighted by Gasteiger charge is -2.26. The van der Waals surface area contributed by atoms with Crippen molar-refractivity contribution in [2.45, 2.75) is 31.4 Å². The van der Waals surface area contributed by atoms with E-state index in [4.69, 9.17) is 0 Å². The van der Waals surface area contributed by atoms with Crippen molar-refractivity contribution in [2.75, 3.05) is 0 Å². The molecule has 0 aliphatic rings. The van der Waals surface area contributed by atoms with Crippen molar-refractivity contribution < 1.29 is 0 Å². The second-order valence-electron chi connectivity index (χ2n) is 7.19. The zero-order chi connectivity index (χ0) is 19.6. The first-order valence-corrected chi connectivity index (χ1v) is 14.5. The molecule has 0 aliphatic carbocycles. The summed E-state index contributed by atoms with van der Waals surface area (Å²) in [5.41, 5.74) is 8.75. The van der Waals surface area contributed by atoms with Crippen LogP contribution in [0.25, 0.3) is 0 Å². The fraction of sp³-hybridized carbons (Fsp3) is 0.200. The Morgan fingerprint density at radius 3 is 1.15 bits per heavy atom. The Balaban J connectivity index is 1.97. The highest BCUT2D eigenvalue weighted by molar-refractivity contribution is 7.00. The van der Waals surface area contributed by atoms with E-state index >= 15 is 0 Å². The Hall–Kier alpha value is -2.17. The largest absolute Gasteiger partial charge is 0.132 e. The van der Waals surface area contributed by atoms with Crippen molar-refractivity contribution in [3.05, 3.63) is 110 Å². The van der Waals surface area contributed by atoms with E-state index in [1.54, 1.807) is 0 Å². The van der Waals surface area contributed by atoms with Gasteiger partial charge in [-0.05, 0) is 12.1 Å². The van der Waals surface area contributed by atoms with Gasteiger partial charge in [-0.2, -0.15) is 0 Å². The second-order valence-corrected chi connectivity index (χ2v) is 15.1. The van der Waals surface area contributed by atoms with Gasteiger partial charge in [-0.1, -0.05) is 113 Å². The Morgan fingerprint density at radius 2 is 0.852 bits per heavy atom. The average molecular weight is 389 g/mol. The first-order chi connectivity index (χ1) is 13.2. The summed E-state index contributed by atoms with van der Waals surface area (Å²) in [4.78, 5) is 0. The summed E-state index contributed by atoms with van der Waals surface area (Å²) in [6.07, 6.45) is 3.66. The van der Waals surface area contributed by atoms with E-state index in [0.29, 0.717) is 0 Å². The number of hydrogen-bond donors (Lipinski definition) is 0. The lowest BCUT2D eigenvalue weighted by Crippen LogP contribution is -2.44. The van der Waals surface area contributed by atoms with Crippen LogP contribution in [-0.2, 0) is 0 Å². The van der Waals surface area contributed by atoms with E-state index in [0.717, 1.165) is 0 Å². The van der Waals surface area contributed by atoms with Crippen LogP contribution < -0.4 is 10.4 Å². The number of hydrogen-bond acceptors (Lipinski definition) is 0. The molecule has 2 aromatic rings. The highest BCUT2D eigenvalue weighted by Crippen LogP contribution is 2.22. The van der Waals surface area contributed by atoms with Gasteiger partial charge in [-0.25, -0.2) is 0 Å². The third kappa shape index (κ3) is 4.97. The molecule has 0 unspecified atom stereocenters. The van der Waals surface area contributed by atoms with Gasteiger partial charge in [-0.15, -0.1) is 26.3 Å². The van der Waals surface area contributed by atoms with Gasteiger partial charge in [0.2, 0.25) is 0 Å². The Labute approximate surface area is 167 Å². The molecule has 0 saturated heterocycles. The van der Waals surface area contributed by atoms with Crippen LogP contribution in [0, 0.1) is 0 Å². The third-order valence-corrected chi connectivity index (χ3v) is 13.9. The molecule has 0 atom stereocenters. The molecule has 0 aromatic heterocycles. The average Bonchev–Trinajstić information content (AvgIpc) is 2.75. The predicted molar refractivity (Wildman–Crippen MR) is 128 cm³/mol. The molecule has 2 aromatic carbocycles. The molecule has 140 valence electrons. The molecule has 0 amide bonds. The first kappa shape index (κ1) is 21.1. The summed E-state index contributed by atoms with van der Waals surface area (Å²) < 4.78 is 0.